The number of aliphatic hydroxyl groups is 1. The molecule has 6 heteroatoms. The lowest BCUT2D eigenvalue weighted by Crippen LogP contribution is -2.40. The zero-order valence-corrected chi connectivity index (χ0v) is 14.5. The Labute approximate surface area is 135 Å². The van der Waals surface area contributed by atoms with Gasteiger partial charge in [0.1, 0.15) is 0 Å². The summed E-state index contributed by atoms with van der Waals surface area (Å²) in [5, 5.41) is 9.18. The molecule has 1 aromatic rings. The van der Waals surface area contributed by atoms with Crippen molar-refractivity contribution in [3.8, 4) is 0 Å². The molecule has 0 aromatic carbocycles. The van der Waals surface area contributed by atoms with Crippen molar-refractivity contribution in [2.45, 2.75) is 58.5 Å². The summed E-state index contributed by atoms with van der Waals surface area (Å²) in [5.74, 6) is 0.498. The summed E-state index contributed by atoms with van der Waals surface area (Å²) in [7, 11) is 1.86. The maximum absolute atomic E-state index is 12.4. The molecule has 1 N–H and O–H groups in total. The van der Waals surface area contributed by atoms with E-state index in [1.807, 2.05) is 25.8 Å². The number of amides is 1. The highest BCUT2D eigenvalue weighted by Crippen LogP contribution is 2.27. The summed E-state index contributed by atoms with van der Waals surface area (Å²) >= 11 is 1.25. The molecule has 1 aliphatic rings. The lowest BCUT2D eigenvalue weighted by molar-refractivity contribution is -0.133. The first-order chi connectivity index (χ1) is 10.4. The number of aryl methyl sites for hydroxylation is 1. The van der Waals surface area contributed by atoms with Gasteiger partial charge in [-0.3, -0.25) is 9.59 Å². The molecule has 1 heterocycles. The highest BCUT2D eigenvalue weighted by molar-refractivity contribution is 7.09. The van der Waals surface area contributed by atoms with Crippen LogP contribution in [0.15, 0.2) is 4.79 Å². The second-order valence-corrected chi connectivity index (χ2v) is 7.44. The van der Waals surface area contributed by atoms with Gasteiger partial charge in [-0.2, -0.15) is 0 Å². The molecular formula is C16H26N2O3S. The van der Waals surface area contributed by atoms with Crippen LogP contribution in [0.1, 0.15) is 42.7 Å². The Bertz CT molecular complexity index is 570. The monoisotopic (exact) mass is 326 g/mol. The summed E-state index contributed by atoms with van der Waals surface area (Å²) in [5.41, 5.74) is 0.967. The minimum absolute atomic E-state index is 0.0221. The molecule has 0 spiro atoms. The van der Waals surface area contributed by atoms with Crippen LogP contribution in [0.25, 0.3) is 0 Å². The number of rotatable bonds is 5. The van der Waals surface area contributed by atoms with Crippen LogP contribution in [0.3, 0.4) is 0 Å². The van der Waals surface area contributed by atoms with E-state index in [1.54, 1.807) is 4.57 Å². The standard InChI is InChI=1S/C16H26N2O3S/c1-11-12(2)22-16(21)18(11)9-8-15(20)17(3)14-6-4-13(10-19)5-7-14/h13-14,19H,4-10H2,1-3H3. The number of carbonyl (C=O) groups is 1. The van der Waals surface area contributed by atoms with Crippen molar-refractivity contribution < 1.29 is 9.90 Å². The molecule has 1 amide bonds. The van der Waals surface area contributed by atoms with E-state index >= 15 is 0 Å². The third-order valence-corrected chi connectivity index (χ3v) is 5.94. The lowest BCUT2D eigenvalue weighted by atomic mass is 9.86. The number of thiazole rings is 1. The van der Waals surface area contributed by atoms with Gasteiger partial charge in [-0.05, 0) is 45.4 Å². The van der Waals surface area contributed by atoms with Crippen LogP contribution in [0.5, 0.6) is 0 Å². The highest BCUT2D eigenvalue weighted by atomic mass is 32.1. The zero-order valence-electron chi connectivity index (χ0n) is 13.7. The Morgan fingerprint density at radius 1 is 1.32 bits per heavy atom. The van der Waals surface area contributed by atoms with Gasteiger partial charge in [0.25, 0.3) is 0 Å². The van der Waals surface area contributed by atoms with E-state index in [2.05, 4.69) is 0 Å². The molecule has 5 nitrogen and oxygen atoms in total. The van der Waals surface area contributed by atoms with Crippen LogP contribution < -0.4 is 4.87 Å². The quantitative estimate of drug-likeness (QED) is 0.899. The predicted molar refractivity (Wildman–Crippen MR) is 88.3 cm³/mol. The molecule has 2 rings (SSSR count). The van der Waals surface area contributed by atoms with Gasteiger partial charge < -0.3 is 14.6 Å². The van der Waals surface area contributed by atoms with Crippen LogP contribution >= 0.6 is 11.3 Å². The van der Waals surface area contributed by atoms with Crippen molar-refractivity contribution in [3.63, 3.8) is 0 Å². The molecule has 0 radical (unpaired) electrons. The van der Waals surface area contributed by atoms with Gasteiger partial charge in [0.15, 0.2) is 0 Å². The number of carbonyl (C=O) groups excluding carboxylic acids is 1. The van der Waals surface area contributed by atoms with Gasteiger partial charge >= 0.3 is 4.87 Å². The van der Waals surface area contributed by atoms with Gasteiger partial charge in [-0.25, -0.2) is 0 Å². The third kappa shape index (κ3) is 3.79. The van der Waals surface area contributed by atoms with Crippen molar-refractivity contribution in [2.24, 2.45) is 5.92 Å². The normalized spacial score (nSPS) is 21.8. The van der Waals surface area contributed by atoms with Crippen molar-refractivity contribution >= 4 is 17.2 Å². The van der Waals surface area contributed by atoms with E-state index in [9.17, 15) is 14.7 Å². The number of hydrogen-bond donors (Lipinski definition) is 1. The molecule has 1 aromatic heterocycles. The molecule has 0 atom stereocenters. The van der Waals surface area contributed by atoms with Crippen molar-refractivity contribution in [3.05, 3.63) is 20.2 Å². The van der Waals surface area contributed by atoms with E-state index < -0.39 is 0 Å². The minimum atomic E-state index is 0.0221. The Morgan fingerprint density at radius 2 is 1.95 bits per heavy atom. The van der Waals surface area contributed by atoms with E-state index in [1.165, 1.54) is 11.3 Å². The summed E-state index contributed by atoms with van der Waals surface area (Å²) in [6, 6.07) is 0.275. The lowest BCUT2D eigenvalue weighted by Gasteiger charge is -2.34. The molecule has 0 aliphatic heterocycles. The summed E-state index contributed by atoms with van der Waals surface area (Å²) in [4.78, 5) is 27.1. The van der Waals surface area contributed by atoms with E-state index in [-0.39, 0.29) is 23.4 Å². The predicted octanol–water partition coefficient (Wildman–Crippen LogP) is 1.93. The SMILES string of the molecule is Cc1sc(=O)n(CCC(=O)N(C)C2CCC(CO)CC2)c1C. The molecular weight excluding hydrogens is 300 g/mol. The average molecular weight is 326 g/mol. The van der Waals surface area contributed by atoms with Gasteiger partial charge in [0.05, 0.1) is 0 Å². The third-order valence-electron chi connectivity index (χ3n) is 4.94. The summed E-state index contributed by atoms with van der Waals surface area (Å²) in [6.07, 6.45) is 4.27. The van der Waals surface area contributed by atoms with Crippen molar-refractivity contribution in [2.75, 3.05) is 13.7 Å². The molecule has 0 saturated heterocycles. The van der Waals surface area contributed by atoms with Gasteiger partial charge in [0, 0.05) is 43.2 Å². The van der Waals surface area contributed by atoms with E-state index in [0.717, 1.165) is 36.3 Å². The topological polar surface area (TPSA) is 62.5 Å². The first kappa shape index (κ1) is 17.2. The number of aromatic nitrogens is 1. The average Bonchev–Trinajstić information content (AvgIpc) is 2.77. The van der Waals surface area contributed by atoms with E-state index in [4.69, 9.17) is 0 Å². The second kappa shape index (κ2) is 7.42. The molecule has 124 valence electrons. The minimum Gasteiger partial charge on any atom is -0.396 e. The zero-order chi connectivity index (χ0) is 16.3. The van der Waals surface area contributed by atoms with Gasteiger partial charge in [-0.15, -0.1) is 0 Å². The van der Waals surface area contributed by atoms with Crippen LogP contribution in [0.4, 0.5) is 0 Å². The maximum Gasteiger partial charge on any atom is 0.307 e. The van der Waals surface area contributed by atoms with Gasteiger partial charge in [-0.1, -0.05) is 11.3 Å². The molecule has 1 aliphatic carbocycles. The summed E-state index contributed by atoms with van der Waals surface area (Å²) in [6.45, 7) is 4.58. The smallest absolute Gasteiger partial charge is 0.307 e. The number of hydrogen-bond acceptors (Lipinski definition) is 4. The van der Waals surface area contributed by atoms with Crippen LogP contribution in [-0.4, -0.2) is 40.2 Å². The second-order valence-electron chi connectivity index (χ2n) is 6.27. The first-order valence-corrected chi connectivity index (χ1v) is 8.79. The number of nitrogens with zero attached hydrogens (tertiary/aromatic N) is 2. The first-order valence-electron chi connectivity index (χ1n) is 7.97. The van der Waals surface area contributed by atoms with Crippen molar-refractivity contribution in [1.82, 2.24) is 9.47 Å². The maximum atomic E-state index is 12.4. The molecule has 1 saturated carbocycles. The molecule has 22 heavy (non-hydrogen) atoms. The largest absolute Gasteiger partial charge is 0.396 e. The van der Waals surface area contributed by atoms with E-state index in [0.29, 0.717) is 18.9 Å². The fraction of sp³-hybridized carbons (Fsp3) is 0.750. The Morgan fingerprint density at radius 3 is 2.45 bits per heavy atom. The Kier molecular flexibility index (Phi) is 5.81. The van der Waals surface area contributed by atoms with Crippen molar-refractivity contribution in [1.29, 1.82) is 0 Å². The molecule has 0 unspecified atom stereocenters. The molecule has 0 bridgehead atoms. The van der Waals surface area contributed by atoms with Crippen LogP contribution in [0, 0.1) is 19.8 Å². The molecule has 1 fully saturated rings. The fourth-order valence-electron chi connectivity index (χ4n) is 3.15. The highest BCUT2D eigenvalue weighted by Gasteiger charge is 2.26. The van der Waals surface area contributed by atoms with Crippen LogP contribution in [0.2, 0.25) is 0 Å². The Hall–Kier alpha value is -1.14. The summed E-state index contributed by atoms with van der Waals surface area (Å²) < 4.78 is 1.70. The number of aliphatic hydroxyl groups excluding tert-OH is 1. The fourth-order valence-corrected chi connectivity index (χ4v) is 4.01. The Balaban J connectivity index is 1.88. The van der Waals surface area contributed by atoms with Crippen LogP contribution in [-0.2, 0) is 11.3 Å². The van der Waals surface area contributed by atoms with Gasteiger partial charge in [0.2, 0.25) is 5.91 Å².